The summed E-state index contributed by atoms with van der Waals surface area (Å²) in [7, 11) is 0. The standard InChI is InChI=1S/C43H28N2/c1-2-14-29(15-3-1)44-39-22-10-12-24-41(39)45(42-25-13-11-23-40(42)44)30-26-27-34-33-18-6-9-21-37(33)43(38(34)28-30)35-19-7-4-16-31(35)32-17-5-8-20-36(32)43/h1-28H. The molecule has 0 saturated heterocycles. The van der Waals surface area contributed by atoms with Gasteiger partial charge in [-0.1, -0.05) is 121 Å². The second-order valence-corrected chi connectivity index (χ2v) is 12.1. The molecule has 2 heteroatoms. The van der Waals surface area contributed by atoms with E-state index in [1.165, 1.54) is 44.5 Å². The molecule has 0 saturated carbocycles. The van der Waals surface area contributed by atoms with Crippen molar-refractivity contribution in [2.24, 2.45) is 0 Å². The molecule has 10 rings (SSSR count). The van der Waals surface area contributed by atoms with E-state index in [-0.39, 0.29) is 5.41 Å². The van der Waals surface area contributed by atoms with E-state index in [1.54, 1.807) is 0 Å². The van der Waals surface area contributed by atoms with Crippen LogP contribution in [-0.2, 0) is 5.41 Å². The minimum atomic E-state index is -0.375. The lowest BCUT2D eigenvalue weighted by atomic mass is 9.70. The molecule has 0 amide bonds. The predicted octanol–water partition coefficient (Wildman–Crippen LogP) is 11.3. The summed E-state index contributed by atoms with van der Waals surface area (Å²) in [5, 5.41) is 0. The van der Waals surface area contributed by atoms with E-state index in [2.05, 4.69) is 180 Å². The summed E-state index contributed by atoms with van der Waals surface area (Å²) in [6.45, 7) is 0. The number of anilines is 6. The zero-order chi connectivity index (χ0) is 29.5. The summed E-state index contributed by atoms with van der Waals surface area (Å²) in [6, 6.07) is 62.4. The lowest BCUT2D eigenvalue weighted by Crippen LogP contribution is -2.27. The molecule has 45 heavy (non-hydrogen) atoms. The average molecular weight is 573 g/mol. The first-order chi connectivity index (χ1) is 22.4. The van der Waals surface area contributed by atoms with E-state index in [9.17, 15) is 0 Å². The Bertz CT molecular complexity index is 2190. The van der Waals surface area contributed by atoms with Crippen molar-refractivity contribution in [1.29, 1.82) is 0 Å². The fourth-order valence-corrected chi connectivity index (χ4v) is 8.30. The van der Waals surface area contributed by atoms with Gasteiger partial charge < -0.3 is 9.80 Å². The van der Waals surface area contributed by atoms with Crippen LogP contribution in [0.5, 0.6) is 0 Å². The molecular weight excluding hydrogens is 544 g/mol. The minimum Gasteiger partial charge on any atom is -0.306 e. The maximum Gasteiger partial charge on any atom is 0.0726 e. The van der Waals surface area contributed by atoms with Gasteiger partial charge in [-0.3, -0.25) is 0 Å². The fourth-order valence-electron chi connectivity index (χ4n) is 8.30. The lowest BCUT2D eigenvalue weighted by Gasteiger charge is -2.40. The quantitative estimate of drug-likeness (QED) is 0.203. The van der Waals surface area contributed by atoms with Gasteiger partial charge in [0, 0.05) is 11.4 Å². The van der Waals surface area contributed by atoms with Gasteiger partial charge in [-0.25, -0.2) is 0 Å². The molecule has 1 heterocycles. The topological polar surface area (TPSA) is 6.48 Å². The third kappa shape index (κ3) is 3.13. The van der Waals surface area contributed by atoms with Crippen LogP contribution in [0, 0.1) is 0 Å². The van der Waals surface area contributed by atoms with Crippen molar-refractivity contribution in [3.63, 3.8) is 0 Å². The van der Waals surface area contributed by atoms with Crippen LogP contribution in [0.1, 0.15) is 22.3 Å². The van der Waals surface area contributed by atoms with E-state index in [4.69, 9.17) is 0 Å². The molecule has 210 valence electrons. The summed E-state index contributed by atoms with van der Waals surface area (Å²) >= 11 is 0. The molecule has 0 fully saturated rings. The summed E-state index contributed by atoms with van der Waals surface area (Å²) in [5.74, 6) is 0. The number of para-hydroxylation sites is 5. The van der Waals surface area contributed by atoms with Gasteiger partial charge in [-0.05, 0) is 93.0 Å². The van der Waals surface area contributed by atoms with Crippen molar-refractivity contribution in [3.8, 4) is 22.3 Å². The first kappa shape index (κ1) is 24.6. The lowest BCUT2D eigenvalue weighted by molar-refractivity contribution is 0.793. The molecule has 3 aliphatic rings. The van der Waals surface area contributed by atoms with Crippen LogP contribution < -0.4 is 9.80 Å². The Morgan fingerprint density at radius 2 is 0.667 bits per heavy atom. The summed E-state index contributed by atoms with van der Waals surface area (Å²) in [6.07, 6.45) is 0. The average Bonchev–Trinajstić information content (AvgIpc) is 3.58. The molecule has 7 aromatic carbocycles. The van der Waals surface area contributed by atoms with Crippen molar-refractivity contribution < 1.29 is 0 Å². The molecule has 7 aromatic rings. The van der Waals surface area contributed by atoms with Gasteiger partial charge in [0.05, 0.1) is 28.2 Å². The Labute approximate surface area is 263 Å². The van der Waals surface area contributed by atoms with E-state index in [0.29, 0.717) is 0 Å². The zero-order valence-corrected chi connectivity index (χ0v) is 24.6. The van der Waals surface area contributed by atoms with E-state index in [0.717, 1.165) is 34.1 Å². The first-order valence-electron chi connectivity index (χ1n) is 15.6. The van der Waals surface area contributed by atoms with Crippen LogP contribution in [0.2, 0.25) is 0 Å². The van der Waals surface area contributed by atoms with Gasteiger partial charge in [0.25, 0.3) is 0 Å². The number of fused-ring (bicyclic) bond motifs is 12. The Balaban J connectivity index is 1.26. The number of benzene rings is 7. The maximum atomic E-state index is 2.47. The highest BCUT2D eigenvalue weighted by molar-refractivity contribution is 6.02. The third-order valence-electron chi connectivity index (χ3n) is 9.98. The molecule has 0 bridgehead atoms. The summed E-state index contributed by atoms with van der Waals surface area (Å²) in [5.41, 5.74) is 17.3. The summed E-state index contributed by atoms with van der Waals surface area (Å²) in [4.78, 5) is 4.84. The second kappa shape index (κ2) is 9.07. The molecule has 2 nitrogen and oxygen atoms in total. The van der Waals surface area contributed by atoms with Gasteiger partial charge in [-0.2, -0.15) is 0 Å². The minimum absolute atomic E-state index is 0.375. The SMILES string of the molecule is c1ccc(N2c3ccccc3N(c3ccc4c(c3)C3(c5ccccc5-c5ccccc53)c3ccccc3-4)c3ccccc32)cc1. The van der Waals surface area contributed by atoms with Crippen molar-refractivity contribution >= 4 is 34.1 Å². The highest BCUT2D eigenvalue weighted by atomic mass is 15.3. The monoisotopic (exact) mass is 572 g/mol. The molecule has 0 atom stereocenters. The number of hydrogen-bond donors (Lipinski definition) is 0. The van der Waals surface area contributed by atoms with Gasteiger partial charge in [0.15, 0.2) is 0 Å². The Kier molecular flexibility index (Phi) is 4.95. The van der Waals surface area contributed by atoms with Crippen molar-refractivity contribution in [2.45, 2.75) is 5.41 Å². The van der Waals surface area contributed by atoms with Crippen LogP contribution in [0.4, 0.5) is 34.1 Å². The van der Waals surface area contributed by atoms with Gasteiger partial charge in [0.2, 0.25) is 0 Å². The summed E-state index contributed by atoms with van der Waals surface area (Å²) < 4.78 is 0. The van der Waals surface area contributed by atoms with Crippen LogP contribution in [-0.4, -0.2) is 0 Å². The normalized spacial score (nSPS) is 14.3. The molecule has 0 unspecified atom stereocenters. The Morgan fingerprint density at radius 3 is 1.16 bits per heavy atom. The Morgan fingerprint density at radius 1 is 0.289 bits per heavy atom. The largest absolute Gasteiger partial charge is 0.306 e. The fraction of sp³-hybridized carbons (Fsp3) is 0.0233. The van der Waals surface area contributed by atoms with Crippen molar-refractivity contribution in [1.82, 2.24) is 0 Å². The van der Waals surface area contributed by atoms with E-state index in [1.807, 2.05) is 0 Å². The molecule has 0 N–H and O–H groups in total. The van der Waals surface area contributed by atoms with Crippen molar-refractivity contribution in [3.05, 3.63) is 192 Å². The highest BCUT2D eigenvalue weighted by Crippen LogP contribution is 2.64. The van der Waals surface area contributed by atoms with Crippen LogP contribution in [0.15, 0.2) is 170 Å². The number of hydrogen-bond acceptors (Lipinski definition) is 2. The van der Waals surface area contributed by atoms with Crippen molar-refractivity contribution in [2.75, 3.05) is 9.80 Å². The second-order valence-electron chi connectivity index (χ2n) is 12.1. The maximum absolute atomic E-state index is 2.47. The van der Waals surface area contributed by atoms with Gasteiger partial charge >= 0.3 is 0 Å². The molecule has 0 radical (unpaired) electrons. The molecule has 0 aromatic heterocycles. The van der Waals surface area contributed by atoms with Gasteiger partial charge in [-0.15, -0.1) is 0 Å². The highest BCUT2D eigenvalue weighted by Gasteiger charge is 2.51. The van der Waals surface area contributed by atoms with Crippen LogP contribution >= 0.6 is 0 Å². The molecular formula is C43H28N2. The van der Waals surface area contributed by atoms with Crippen LogP contribution in [0.25, 0.3) is 22.3 Å². The molecule has 2 aliphatic carbocycles. The smallest absolute Gasteiger partial charge is 0.0726 e. The van der Waals surface area contributed by atoms with E-state index >= 15 is 0 Å². The Hall–Kier alpha value is -5.86. The van der Waals surface area contributed by atoms with Crippen LogP contribution in [0.3, 0.4) is 0 Å². The third-order valence-corrected chi connectivity index (χ3v) is 9.98. The van der Waals surface area contributed by atoms with E-state index < -0.39 is 0 Å². The zero-order valence-electron chi connectivity index (χ0n) is 24.6. The number of rotatable bonds is 2. The first-order valence-corrected chi connectivity index (χ1v) is 15.6. The van der Waals surface area contributed by atoms with Gasteiger partial charge in [0.1, 0.15) is 0 Å². The predicted molar refractivity (Wildman–Crippen MR) is 186 cm³/mol. The molecule has 1 aliphatic heterocycles. The molecule has 1 spiro atoms. The number of nitrogens with zero attached hydrogens (tertiary/aromatic N) is 2.